The third-order valence-corrected chi connectivity index (χ3v) is 4.25. The van der Waals surface area contributed by atoms with Gasteiger partial charge in [0.1, 0.15) is 12.0 Å². The van der Waals surface area contributed by atoms with E-state index in [1.807, 2.05) is 45.9 Å². The molecule has 4 heterocycles. The first-order valence-corrected chi connectivity index (χ1v) is 14.3. The number of rotatable bonds is 0. The molecule has 4 aromatic heterocycles. The van der Waals surface area contributed by atoms with Gasteiger partial charge in [-0.15, -0.1) is 5.10 Å². The normalized spacial score (nSPS) is 8.61. The zero-order valence-electron chi connectivity index (χ0n) is 26.8. The van der Waals surface area contributed by atoms with Crippen molar-refractivity contribution in [2.45, 2.75) is 70.2 Å². The summed E-state index contributed by atoms with van der Waals surface area (Å²) in [6, 6.07) is 7.31. The van der Waals surface area contributed by atoms with Crippen molar-refractivity contribution in [2.75, 3.05) is 0 Å². The molecule has 0 aliphatic carbocycles. The fourth-order valence-electron chi connectivity index (χ4n) is 2.34. The van der Waals surface area contributed by atoms with Gasteiger partial charge in [-0.1, -0.05) is 106 Å². The molecule has 4 aromatic rings. The van der Waals surface area contributed by atoms with E-state index < -0.39 is 0 Å². The third kappa shape index (κ3) is 25.1. The van der Waals surface area contributed by atoms with E-state index in [-0.39, 0.29) is 14.9 Å². The summed E-state index contributed by atoms with van der Waals surface area (Å²) in [6.45, 7) is 16.4. The average Bonchev–Trinajstić information content (AvgIpc) is 3.04. The molecular formula is C38H48N8. The summed E-state index contributed by atoms with van der Waals surface area (Å²) in [5, 5.41) is 14.9. The van der Waals surface area contributed by atoms with E-state index in [9.17, 15) is 0 Å². The standard InChI is InChI=1S/4C9H10N2.2CH4/c1-8(2)4-5-9-10-6-3-7-11-9;1-8(2)3-4-9-5-10-7-11-6-9;1-8(2)3-4-9-5-6-10-11-7-9;1-8(2)5-6-9-4-3-7-10-11-9;;/h3,6-8H,1-2H3;2*5-8H,1-2H3;3-4,7-8H,1-2H3;2*1H4. The molecule has 0 aliphatic rings. The van der Waals surface area contributed by atoms with Crippen LogP contribution in [0, 0.1) is 71.0 Å². The first-order chi connectivity index (χ1) is 21.2. The summed E-state index contributed by atoms with van der Waals surface area (Å²) < 4.78 is 0. The molecular weight excluding hydrogens is 568 g/mol. The Labute approximate surface area is 277 Å². The Balaban J connectivity index is 0. The second-order valence-corrected chi connectivity index (χ2v) is 10.1. The van der Waals surface area contributed by atoms with Crippen LogP contribution in [-0.2, 0) is 0 Å². The predicted molar refractivity (Wildman–Crippen MR) is 188 cm³/mol. The topological polar surface area (TPSA) is 103 Å². The maximum atomic E-state index is 3.97. The Bertz CT molecular complexity index is 1310. The van der Waals surface area contributed by atoms with E-state index in [0.717, 1.165) is 16.8 Å². The highest BCUT2D eigenvalue weighted by molar-refractivity contribution is 5.30. The summed E-state index contributed by atoms with van der Waals surface area (Å²) in [7, 11) is 0. The molecule has 0 bridgehead atoms. The Morgan fingerprint density at radius 3 is 1.54 bits per heavy atom. The molecule has 0 aliphatic heterocycles. The minimum absolute atomic E-state index is 0. The van der Waals surface area contributed by atoms with Gasteiger partial charge in [-0.2, -0.15) is 15.3 Å². The molecule has 0 unspecified atom stereocenters. The van der Waals surface area contributed by atoms with Crippen LogP contribution in [0.5, 0.6) is 0 Å². The van der Waals surface area contributed by atoms with E-state index in [1.54, 1.807) is 49.4 Å². The lowest BCUT2D eigenvalue weighted by atomic mass is 10.2. The maximum absolute atomic E-state index is 3.97. The Kier molecular flexibility index (Phi) is 25.2. The lowest BCUT2D eigenvalue weighted by molar-refractivity contribution is 0.865. The Hall–Kier alpha value is -5.44. The van der Waals surface area contributed by atoms with Crippen LogP contribution in [-0.4, -0.2) is 40.3 Å². The summed E-state index contributed by atoms with van der Waals surface area (Å²) in [5.74, 6) is 26.0. The van der Waals surface area contributed by atoms with Crippen molar-refractivity contribution in [3.05, 3.63) is 96.6 Å². The van der Waals surface area contributed by atoms with Crippen molar-refractivity contribution < 1.29 is 0 Å². The van der Waals surface area contributed by atoms with Gasteiger partial charge in [0.05, 0.1) is 18.0 Å². The van der Waals surface area contributed by atoms with Gasteiger partial charge in [0, 0.05) is 60.2 Å². The van der Waals surface area contributed by atoms with Crippen LogP contribution < -0.4 is 0 Å². The fourth-order valence-corrected chi connectivity index (χ4v) is 2.34. The molecule has 0 amide bonds. The summed E-state index contributed by atoms with van der Waals surface area (Å²) in [4.78, 5) is 15.6. The van der Waals surface area contributed by atoms with Gasteiger partial charge in [0.25, 0.3) is 0 Å². The first kappa shape index (κ1) is 42.7. The van der Waals surface area contributed by atoms with Crippen molar-refractivity contribution in [3.63, 3.8) is 0 Å². The van der Waals surface area contributed by atoms with Crippen molar-refractivity contribution in [3.8, 4) is 47.4 Å². The minimum atomic E-state index is 0. The molecule has 0 aromatic carbocycles. The van der Waals surface area contributed by atoms with Gasteiger partial charge in [-0.3, -0.25) is 0 Å². The number of hydrogen-bond donors (Lipinski definition) is 0. The zero-order chi connectivity index (χ0) is 32.4. The molecule has 0 radical (unpaired) electrons. The van der Waals surface area contributed by atoms with E-state index >= 15 is 0 Å². The van der Waals surface area contributed by atoms with Crippen LogP contribution in [0.2, 0.25) is 0 Å². The SMILES string of the molecule is C.C.CC(C)C#Cc1cccnn1.CC(C)C#Cc1ccnnc1.CC(C)C#Cc1cncnc1.CC(C)C#Cc1ncccn1. The highest BCUT2D eigenvalue weighted by Crippen LogP contribution is 1.94. The second-order valence-electron chi connectivity index (χ2n) is 10.1. The summed E-state index contributed by atoms with van der Waals surface area (Å²) in [6.07, 6.45) is 13.3. The molecule has 0 spiro atoms. The Morgan fingerprint density at radius 2 is 1.04 bits per heavy atom. The number of aromatic nitrogens is 8. The Morgan fingerprint density at radius 1 is 0.500 bits per heavy atom. The summed E-state index contributed by atoms with van der Waals surface area (Å²) in [5.41, 5.74) is 2.54. The monoisotopic (exact) mass is 616 g/mol. The van der Waals surface area contributed by atoms with Crippen molar-refractivity contribution in [1.82, 2.24) is 40.3 Å². The fraction of sp³-hybridized carbons (Fsp3) is 0.368. The smallest absolute Gasteiger partial charge is 0.204 e. The molecule has 4 rings (SSSR count). The second kappa shape index (κ2) is 27.1. The van der Waals surface area contributed by atoms with E-state index in [1.165, 1.54) is 6.33 Å². The lowest BCUT2D eigenvalue weighted by Gasteiger charge is -1.87. The molecule has 0 fully saturated rings. The van der Waals surface area contributed by atoms with Gasteiger partial charge >= 0.3 is 0 Å². The molecule has 0 saturated carbocycles. The zero-order valence-corrected chi connectivity index (χ0v) is 26.8. The largest absolute Gasteiger partial charge is 0.244 e. The third-order valence-electron chi connectivity index (χ3n) is 4.25. The molecule has 8 heteroatoms. The highest BCUT2D eigenvalue weighted by atomic mass is 15.1. The average molecular weight is 617 g/mol. The minimum Gasteiger partial charge on any atom is -0.244 e. The molecule has 46 heavy (non-hydrogen) atoms. The molecule has 240 valence electrons. The number of nitrogens with zero attached hydrogens (tertiary/aromatic N) is 8. The molecule has 8 nitrogen and oxygen atoms in total. The van der Waals surface area contributed by atoms with E-state index in [2.05, 4.69) is 115 Å². The lowest BCUT2D eigenvalue weighted by Crippen LogP contribution is -1.86. The van der Waals surface area contributed by atoms with Crippen molar-refractivity contribution in [1.29, 1.82) is 0 Å². The maximum Gasteiger partial charge on any atom is 0.204 e. The quantitative estimate of drug-likeness (QED) is 0.191. The highest BCUT2D eigenvalue weighted by Gasteiger charge is 1.88. The molecule has 0 atom stereocenters. The van der Waals surface area contributed by atoms with E-state index in [0.29, 0.717) is 29.5 Å². The van der Waals surface area contributed by atoms with Crippen LogP contribution in [0.1, 0.15) is 92.9 Å². The molecule has 0 saturated heterocycles. The van der Waals surface area contributed by atoms with Gasteiger partial charge in [-0.25, -0.2) is 19.9 Å². The van der Waals surface area contributed by atoms with Crippen LogP contribution in [0.15, 0.2) is 74.0 Å². The summed E-state index contributed by atoms with van der Waals surface area (Å²) >= 11 is 0. The van der Waals surface area contributed by atoms with Crippen LogP contribution in [0.25, 0.3) is 0 Å². The van der Waals surface area contributed by atoms with Gasteiger partial charge < -0.3 is 0 Å². The molecule has 0 N–H and O–H groups in total. The van der Waals surface area contributed by atoms with Crippen LogP contribution in [0.3, 0.4) is 0 Å². The van der Waals surface area contributed by atoms with Crippen molar-refractivity contribution in [2.24, 2.45) is 23.7 Å². The van der Waals surface area contributed by atoms with Crippen LogP contribution >= 0.6 is 0 Å². The van der Waals surface area contributed by atoms with Gasteiger partial charge in [-0.05, 0) is 36.1 Å². The van der Waals surface area contributed by atoms with Gasteiger partial charge in [0.15, 0.2) is 0 Å². The van der Waals surface area contributed by atoms with E-state index in [4.69, 9.17) is 0 Å². The predicted octanol–water partition coefficient (Wildman–Crippen LogP) is 7.21. The van der Waals surface area contributed by atoms with Gasteiger partial charge in [0.2, 0.25) is 5.82 Å². The number of hydrogen-bond acceptors (Lipinski definition) is 8. The van der Waals surface area contributed by atoms with Crippen molar-refractivity contribution >= 4 is 0 Å². The first-order valence-electron chi connectivity index (χ1n) is 14.3. The van der Waals surface area contributed by atoms with Crippen LogP contribution in [0.4, 0.5) is 0 Å².